The molecule has 8 heteroatoms. The summed E-state index contributed by atoms with van der Waals surface area (Å²) >= 11 is 0. The number of carbonyl (C=O) groups excluding carboxylic acids is 3. The minimum absolute atomic E-state index is 0.0269. The van der Waals surface area contributed by atoms with Gasteiger partial charge >= 0.3 is 0 Å². The van der Waals surface area contributed by atoms with E-state index in [2.05, 4.69) is 29.0 Å². The molecule has 1 aromatic heterocycles. The summed E-state index contributed by atoms with van der Waals surface area (Å²) in [5.74, 6) is -0.263. The van der Waals surface area contributed by atoms with E-state index >= 15 is 0 Å². The van der Waals surface area contributed by atoms with Crippen molar-refractivity contribution in [3.05, 3.63) is 48.2 Å². The van der Waals surface area contributed by atoms with Crippen molar-refractivity contribution < 1.29 is 14.4 Å². The Morgan fingerprint density at radius 1 is 0.969 bits per heavy atom. The van der Waals surface area contributed by atoms with Gasteiger partial charge in [-0.3, -0.25) is 19.3 Å². The average Bonchev–Trinajstić information content (AvgIpc) is 2.94. The molecule has 8 nitrogen and oxygen atoms in total. The predicted molar refractivity (Wildman–Crippen MR) is 125 cm³/mol. The number of nitrogens with zero attached hydrogens (tertiary/aromatic N) is 4. The molecular weight excluding hydrogens is 406 g/mol. The van der Waals surface area contributed by atoms with Gasteiger partial charge in [0.25, 0.3) is 5.91 Å². The summed E-state index contributed by atoms with van der Waals surface area (Å²) in [4.78, 5) is 48.7. The van der Waals surface area contributed by atoms with Crippen LogP contribution in [0.3, 0.4) is 0 Å². The van der Waals surface area contributed by atoms with Gasteiger partial charge in [0.15, 0.2) is 5.82 Å². The molecule has 3 amide bonds. The first kappa shape index (κ1) is 23.4. The molecule has 170 valence electrons. The van der Waals surface area contributed by atoms with Gasteiger partial charge in [-0.05, 0) is 44.3 Å². The molecule has 0 radical (unpaired) electrons. The fraction of sp³-hybridized carbons (Fsp3) is 0.417. The van der Waals surface area contributed by atoms with Gasteiger partial charge in [0.05, 0.1) is 16.9 Å². The Balaban J connectivity index is 1.77. The van der Waals surface area contributed by atoms with Crippen LogP contribution in [0.25, 0.3) is 0 Å². The Bertz CT molecular complexity index is 974. The number of likely N-dealkylation sites (N-methyl/N-ethyl adjacent to an activating group) is 2. The van der Waals surface area contributed by atoms with Gasteiger partial charge in [-0.15, -0.1) is 0 Å². The molecule has 2 aromatic rings. The summed E-state index contributed by atoms with van der Waals surface area (Å²) in [6.45, 7) is 10.1. The minimum Gasteiger partial charge on any atom is -0.342 e. The summed E-state index contributed by atoms with van der Waals surface area (Å²) in [6.07, 6.45) is 1.71. The summed E-state index contributed by atoms with van der Waals surface area (Å²) in [5.41, 5.74) is 1.32. The Kier molecular flexibility index (Phi) is 7.94. The molecule has 1 N–H and O–H groups in total. The number of carbonyl (C=O) groups is 3. The fourth-order valence-electron chi connectivity index (χ4n) is 3.83. The quantitative estimate of drug-likeness (QED) is 0.651. The van der Waals surface area contributed by atoms with Gasteiger partial charge < -0.3 is 15.1 Å². The molecule has 0 saturated heterocycles. The summed E-state index contributed by atoms with van der Waals surface area (Å²) in [5, 5.41) is 2.82. The standard InChI is InChI=1S/C24H31N5O3/c1-4-27(5-2)16-17-28(6-3)21(30)13-14-22(31)29-20-12-8-7-10-18(20)24(32)26-19-11-9-15-25-23(19)29/h7-12,15H,4-6,13-14,16-17H2,1-3H3,(H,26,32). The van der Waals surface area contributed by atoms with Gasteiger partial charge in [0.2, 0.25) is 11.8 Å². The maximum atomic E-state index is 13.3. The Morgan fingerprint density at radius 2 is 1.72 bits per heavy atom. The second-order valence-electron chi connectivity index (χ2n) is 7.58. The third-order valence-electron chi connectivity index (χ3n) is 5.75. The zero-order chi connectivity index (χ0) is 23.1. The Labute approximate surface area is 189 Å². The van der Waals surface area contributed by atoms with Crippen molar-refractivity contribution in [1.29, 1.82) is 0 Å². The Hall–Kier alpha value is -3.26. The molecular formula is C24H31N5O3. The lowest BCUT2D eigenvalue weighted by Crippen LogP contribution is -2.39. The number of hydrogen-bond donors (Lipinski definition) is 1. The van der Waals surface area contributed by atoms with Crippen LogP contribution < -0.4 is 10.2 Å². The molecule has 0 aliphatic carbocycles. The van der Waals surface area contributed by atoms with Crippen molar-refractivity contribution >= 4 is 34.9 Å². The zero-order valence-corrected chi connectivity index (χ0v) is 19.0. The van der Waals surface area contributed by atoms with E-state index in [0.29, 0.717) is 35.8 Å². The van der Waals surface area contributed by atoms with Crippen LogP contribution in [-0.2, 0) is 9.59 Å². The van der Waals surface area contributed by atoms with Crippen LogP contribution in [0, 0.1) is 0 Å². The van der Waals surface area contributed by atoms with Gasteiger partial charge in [-0.1, -0.05) is 26.0 Å². The first-order valence-corrected chi connectivity index (χ1v) is 11.2. The topological polar surface area (TPSA) is 85.9 Å². The first-order chi connectivity index (χ1) is 15.5. The second-order valence-corrected chi connectivity index (χ2v) is 7.58. The number of benzene rings is 1. The lowest BCUT2D eigenvalue weighted by molar-refractivity contribution is -0.133. The van der Waals surface area contributed by atoms with Crippen LogP contribution in [0.2, 0.25) is 0 Å². The monoisotopic (exact) mass is 437 g/mol. The first-order valence-electron chi connectivity index (χ1n) is 11.2. The molecule has 0 atom stereocenters. The van der Waals surface area contributed by atoms with E-state index in [-0.39, 0.29) is 30.6 Å². The SMILES string of the molecule is CCN(CC)CCN(CC)C(=O)CCC(=O)N1c2ccccc2C(=O)Nc2cccnc21. The third-order valence-corrected chi connectivity index (χ3v) is 5.75. The largest absolute Gasteiger partial charge is 0.342 e. The lowest BCUT2D eigenvalue weighted by Gasteiger charge is -2.26. The van der Waals surface area contributed by atoms with Crippen LogP contribution in [-0.4, -0.2) is 65.2 Å². The minimum atomic E-state index is -0.296. The number of fused-ring (bicyclic) bond motifs is 2. The highest BCUT2D eigenvalue weighted by atomic mass is 16.2. The van der Waals surface area contributed by atoms with Gasteiger partial charge in [-0.25, -0.2) is 4.98 Å². The van der Waals surface area contributed by atoms with Crippen LogP contribution in [0.15, 0.2) is 42.6 Å². The van der Waals surface area contributed by atoms with E-state index in [0.717, 1.165) is 19.6 Å². The van der Waals surface area contributed by atoms with Crippen molar-refractivity contribution in [2.45, 2.75) is 33.6 Å². The summed E-state index contributed by atoms with van der Waals surface area (Å²) in [6, 6.07) is 10.3. The number of hydrogen-bond acceptors (Lipinski definition) is 5. The molecule has 1 aromatic carbocycles. The molecule has 32 heavy (non-hydrogen) atoms. The maximum absolute atomic E-state index is 13.3. The van der Waals surface area contributed by atoms with E-state index in [1.165, 1.54) is 4.90 Å². The molecule has 0 fully saturated rings. The molecule has 2 heterocycles. The van der Waals surface area contributed by atoms with Crippen molar-refractivity contribution in [3.8, 4) is 0 Å². The molecule has 0 bridgehead atoms. The van der Waals surface area contributed by atoms with Crippen molar-refractivity contribution in [2.75, 3.05) is 42.9 Å². The van der Waals surface area contributed by atoms with E-state index < -0.39 is 0 Å². The van der Waals surface area contributed by atoms with Gasteiger partial charge in [0.1, 0.15) is 0 Å². The van der Waals surface area contributed by atoms with E-state index in [1.54, 1.807) is 47.5 Å². The number of nitrogens with one attached hydrogen (secondary N) is 1. The van der Waals surface area contributed by atoms with Crippen LogP contribution in [0.1, 0.15) is 44.0 Å². The van der Waals surface area contributed by atoms with Crippen LogP contribution in [0.4, 0.5) is 17.2 Å². The van der Waals surface area contributed by atoms with Gasteiger partial charge in [0, 0.05) is 38.7 Å². The summed E-state index contributed by atoms with van der Waals surface area (Å²) in [7, 11) is 0. The molecule has 0 spiro atoms. The average molecular weight is 438 g/mol. The van der Waals surface area contributed by atoms with Crippen molar-refractivity contribution in [1.82, 2.24) is 14.8 Å². The third kappa shape index (κ3) is 5.13. The number of aromatic nitrogens is 1. The highest BCUT2D eigenvalue weighted by Gasteiger charge is 2.30. The highest BCUT2D eigenvalue weighted by molar-refractivity contribution is 6.17. The zero-order valence-electron chi connectivity index (χ0n) is 19.0. The Morgan fingerprint density at radius 3 is 2.44 bits per heavy atom. The van der Waals surface area contributed by atoms with Crippen LogP contribution >= 0.6 is 0 Å². The number of rotatable bonds is 9. The van der Waals surface area contributed by atoms with Crippen molar-refractivity contribution in [3.63, 3.8) is 0 Å². The van der Waals surface area contributed by atoms with E-state index in [9.17, 15) is 14.4 Å². The molecule has 0 saturated carbocycles. The number of amides is 3. The highest BCUT2D eigenvalue weighted by Crippen LogP contribution is 2.36. The normalized spacial score (nSPS) is 12.6. The predicted octanol–water partition coefficient (Wildman–Crippen LogP) is 3.28. The molecule has 1 aliphatic rings. The van der Waals surface area contributed by atoms with E-state index in [1.807, 2.05) is 6.92 Å². The number of para-hydroxylation sites is 1. The fourth-order valence-corrected chi connectivity index (χ4v) is 3.83. The van der Waals surface area contributed by atoms with Crippen molar-refractivity contribution in [2.24, 2.45) is 0 Å². The molecule has 0 unspecified atom stereocenters. The molecule has 1 aliphatic heterocycles. The van der Waals surface area contributed by atoms with Gasteiger partial charge in [-0.2, -0.15) is 0 Å². The number of pyridine rings is 1. The lowest BCUT2D eigenvalue weighted by atomic mass is 10.1. The second kappa shape index (κ2) is 10.9. The van der Waals surface area contributed by atoms with Crippen LogP contribution in [0.5, 0.6) is 0 Å². The maximum Gasteiger partial charge on any atom is 0.257 e. The van der Waals surface area contributed by atoms with E-state index in [4.69, 9.17) is 0 Å². The molecule has 3 rings (SSSR count). The smallest absolute Gasteiger partial charge is 0.257 e. The number of anilines is 3. The summed E-state index contributed by atoms with van der Waals surface area (Å²) < 4.78 is 0.